The Morgan fingerprint density at radius 3 is 2.35 bits per heavy atom. The van der Waals surface area contributed by atoms with Crippen LogP contribution in [-0.4, -0.2) is 64.3 Å². The van der Waals surface area contributed by atoms with Gasteiger partial charge in [-0.2, -0.15) is 0 Å². The highest BCUT2D eigenvalue weighted by Gasteiger charge is 2.23. The Balaban J connectivity index is 1.72. The SMILES string of the molecule is CCc1nc(C(N)=O)c(Nc2ccc(OCCN(CC)CC)cc2)nc1NC1CCC(O)CC1. The molecule has 1 aromatic heterocycles. The van der Waals surface area contributed by atoms with Gasteiger partial charge in [0.2, 0.25) is 0 Å². The van der Waals surface area contributed by atoms with Crippen LogP contribution in [0.1, 0.15) is 62.6 Å². The van der Waals surface area contributed by atoms with Crippen molar-refractivity contribution in [2.45, 2.75) is 65.0 Å². The summed E-state index contributed by atoms with van der Waals surface area (Å²) < 4.78 is 5.85. The molecule has 0 radical (unpaired) electrons. The third-order valence-corrected chi connectivity index (χ3v) is 6.26. The van der Waals surface area contributed by atoms with E-state index in [1.807, 2.05) is 31.2 Å². The van der Waals surface area contributed by atoms with E-state index in [9.17, 15) is 9.90 Å². The van der Waals surface area contributed by atoms with Crippen LogP contribution in [0.2, 0.25) is 0 Å². The molecule has 0 spiro atoms. The van der Waals surface area contributed by atoms with Crippen molar-refractivity contribution in [3.05, 3.63) is 35.7 Å². The molecule has 1 heterocycles. The molecule has 1 aromatic carbocycles. The molecule has 0 unspecified atom stereocenters. The van der Waals surface area contributed by atoms with Crippen molar-refractivity contribution in [1.29, 1.82) is 0 Å². The third kappa shape index (κ3) is 7.04. The Labute approximate surface area is 202 Å². The third-order valence-electron chi connectivity index (χ3n) is 6.26. The number of nitrogens with two attached hydrogens (primary N) is 1. The molecular weight excluding hydrogens is 432 g/mol. The summed E-state index contributed by atoms with van der Waals surface area (Å²) in [4.78, 5) is 23.6. The lowest BCUT2D eigenvalue weighted by Gasteiger charge is -2.27. The molecule has 1 aliphatic carbocycles. The van der Waals surface area contributed by atoms with Gasteiger partial charge in [-0.1, -0.05) is 20.8 Å². The molecule has 1 amide bonds. The maximum Gasteiger partial charge on any atom is 0.271 e. The number of benzene rings is 1. The molecule has 1 fully saturated rings. The first kappa shape index (κ1) is 25.7. The number of rotatable bonds is 12. The topological polar surface area (TPSA) is 126 Å². The molecule has 9 nitrogen and oxygen atoms in total. The Kier molecular flexibility index (Phi) is 9.47. The van der Waals surface area contributed by atoms with Gasteiger partial charge in [-0.05, 0) is 69.5 Å². The van der Waals surface area contributed by atoms with Gasteiger partial charge in [0.25, 0.3) is 5.91 Å². The number of primary amides is 1. The standard InChI is InChI=1S/C25H38N6O3/c1-4-21-24(27-17-7-11-19(32)12-8-17)30-25(22(29-21)23(26)33)28-18-9-13-20(14-10-18)34-16-15-31(5-2)6-3/h9-10,13-14,17,19,32H,4-8,11-12,15-16H2,1-3H3,(H2,26,33)(H2,27,28,30). The van der Waals surface area contributed by atoms with E-state index in [0.717, 1.165) is 56.8 Å². The zero-order valence-electron chi connectivity index (χ0n) is 20.5. The highest BCUT2D eigenvalue weighted by molar-refractivity contribution is 5.96. The Bertz CT molecular complexity index is 925. The van der Waals surface area contributed by atoms with Gasteiger partial charge in [0, 0.05) is 18.3 Å². The summed E-state index contributed by atoms with van der Waals surface area (Å²) in [5, 5.41) is 16.4. The number of nitrogens with one attached hydrogen (secondary N) is 2. The number of carbonyl (C=O) groups excluding carboxylic acids is 1. The van der Waals surface area contributed by atoms with Crippen molar-refractivity contribution in [3.8, 4) is 5.75 Å². The average Bonchev–Trinajstić information content (AvgIpc) is 2.84. The van der Waals surface area contributed by atoms with Gasteiger partial charge in [-0.25, -0.2) is 9.97 Å². The second-order valence-corrected chi connectivity index (χ2v) is 8.61. The fraction of sp³-hybridized carbons (Fsp3) is 0.560. The summed E-state index contributed by atoms with van der Waals surface area (Å²) in [6.07, 6.45) is 3.64. The number of aryl methyl sites for hydroxylation is 1. The first-order valence-electron chi connectivity index (χ1n) is 12.3. The van der Waals surface area contributed by atoms with Gasteiger partial charge >= 0.3 is 0 Å². The Morgan fingerprint density at radius 1 is 1.09 bits per heavy atom. The first-order valence-corrected chi connectivity index (χ1v) is 12.3. The predicted octanol–water partition coefficient (Wildman–Crippen LogP) is 3.32. The van der Waals surface area contributed by atoms with Crippen LogP contribution in [0.4, 0.5) is 17.3 Å². The molecule has 3 rings (SSSR count). The van der Waals surface area contributed by atoms with E-state index in [4.69, 9.17) is 15.5 Å². The minimum atomic E-state index is -0.631. The summed E-state index contributed by atoms with van der Waals surface area (Å²) in [5.41, 5.74) is 7.18. The van der Waals surface area contributed by atoms with Gasteiger partial charge in [0.05, 0.1) is 11.8 Å². The van der Waals surface area contributed by atoms with Crippen LogP contribution in [-0.2, 0) is 6.42 Å². The minimum Gasteiger partial charge on any atom is -0.492 e. The zero-order chi connectivity index (χ0) is 24.5. The molecule has 9 heteroatoms. The smallest absolute Gasteiger partial charge is 0.271 e. The van der Waals surface area contributed by atoms with E-state index in [-0.39, 0.29) is 17.8 Å². The number of anilines is 3. The molecule has 34 heavy (non-hydrogen) atoms. The average molecular weight is 471 g/mol. The van der Waals surface area contributed by atoms with E-state index in [0.29, 0.717) is 30.4 Å². The summed E-state index contributed by atoms with van der Waals surface area (Å²) in [6, 6.07) is 7.73. The molecule has 0 aliphatic heterocycles. The summed E-state index contributed by atoms with van der Waals surface area (Å²) in [6.45, 7) is 9.75. The lowest BCUT2D eigenvalue weighted by atomic mass is 9.93. The van der Waals surface area contributed by atoms with Crippen LogP contribution in [0.15, 0.2) is 24.3 Å². The summed E-state index contributed by atoms with van der Waals surface area (Å²) in [7, 11) is 0. The van der Waals surface area contributed by atoms with Crippen molar-refractivity contribution in [2.75, 3.05) is 36.9 Å². The number of carbonyl (C=O) groups is 1. The van der Waals surface area contributed by atoms with Gasteiger partial charge < -0.3 is 31.1 Å². The molecule has 2 aromatic rings. The van der Waals surface area contributed by atoms with Gasteiger partial charge in [-0.15, -0.1) is 0 Å². The number of hydrogen-bond donors (Lipinski definition) is 4. The van der Waals surface area contributed by atoms with Crippen LogP contribution in [0.3, 0.4) is 0 Å². The predicted molar refractivity (Wildman–Crippen MR) is 135 cm³/mol. The van der Waals surface area contributed by atoms with Crippen molar-refractivity contribution >= 4 is 23.2 Å². The molecule has 0 atom stereocenters. The number of aliphatic hydroxyl groups is 1. The lowest BCUT2D eigenvalue weighted by molar-refractivity contribution is 0.0996. The van der Waals surface area contributed by atoms with Crippen LogP contribution >= 0.6 is 0 Å². The number of amides is 1. The molecule has 186 valence electrons. The number of nitrogens with zero attached hydrogens (tertiary/aromatic N) is 3. The maximum absolute atomic E-state index is 12.1. The van der Waals surface area contributed by atoms with Crippen molar-refractivity contribution in [3.63, 3.8) is 0 Å². The van der Waals surface area contributed by atoms with Crippen LogP contribution in [0.25, 0.3) is 0 Å². The monoisotopic (exact) mass is 470 g/mol. The fourth-order valence-corrected chi connectivity index (χ4v) is 4.11. The molecule has 1 saturated carbocycles. The number of likely N-dealkylation sites (N-methyl/N-ethyl adjacent to an activating group) is 1. The Hall–Kier alpha value is -2.91. The number of hydrogen-bond acceptors (Lipinski definition) is 8. The summed E-state index contributed by atoms with van der Waals surface area (Å²) in [5.74, 6) is 1.11. The second-order valence-electron chi connectivity index (χ2n) is 8.61. The lowest BCUT2D eigenvalue weighted by Crippen LogP contribution is -2.29. The van der Waals surface area contributed by atoms with E-state index < -0.39 is 5.91 Å². The van der Waals surface area contributed by atoms with Crippen molar-refractivity contribution in [1.82, 2.24) is 14.9 Å². The molecule has 1 aliphatic rings. The largest absolute Gasteiger partial charge is 0.492 e. The quantitative estimate of drug-likeness (QED) is 0.372. The van der Waals surface area contributed by atoms with Gasteiger partial charge in [0.15, 0.2) is 11.5 Å². The highest BCUT2D eigenvalue weighted by atomic mass is 16.5. The highest BCUT2D eigenvalue weighted by Crippen LogP contribution is 2.27. The molecule has 0 saturated heterocycles. The van der Waals surface area contributed by atoms with Crippen LogP contribution in [0.5, 0.6) is 5.75 Å². The van der Waals surface area contributed by atoms with Crippen LogP contribution < -0.4 is 21.1 Å². The number of aliphatic hydroxyl groups excluding tert-OH is 1. The molecule has 0 bridgehead atoms. The van der Waals surface area contributed by atoms with E-state index >= 15 is 0 Å². The number of ether oxygens (including phenoxy) is 1. The van der Waals surface area contributed by atoms with E-state index in [2.05, 4.69) is 34.4 Å². The number of aromatic nitrogens is 2. The maximum atomic E-state index is 12.1. The second kappa shape index (κ2) is 12.5. The van der Waals surface area contributed by atoms with E-state index in [1.165, 1.54) is 0 Å². The zero-order valence-corrected chi connectivity index (χ0v) is 20.5. The molecular formula is C25H38N6O3. The van der Waals surface area contributed by atoms with Gasteiger partial charge in [0.1, 0.15) is 18.2 Å². The summed E-state index contributed by atoms with van der Waals surface area (Å²) >= 11 is 0. The van der Waals surface area contributed by atoms with Crippen LogP contribution in [0, 0.1) is 0 Å². The first-order chi connectivity index (χ1) is 16.4. The Morgan fingerprint density at radius 2 is 1.76 bits per heavy atom. The van der Waals surface area contributed by atoms with Crippen molar-refractivity contribution in [2.24, 2.45) is 5.73 Å². The molecule has 5 N–H and O–H groups in total. The fourth-order valence-electron chi connectivity index (χ4n) is 4.11. The van der Waals surface area contributed by atoms with Crippen molar-refractivity contribution < 1.29 is 14.6 Å². The normalized spacial score (nSPS) is 18.0. The van der Waals surface area contributed by atoms with E-state index in [1.54, 1.807) is 0 Å². The van der Waals surface area contributed by atoms with Gasteiger partial charge in [-0.3, -0.25) is 4.79 Å². The minimum absolute atomic E-state index is 0.112.